The standard InChI is InChI=1S/C24H28N2O6S/c1-17-9-11-26(12-10-17)33(28,29)20-6-4-19(5-7-20)25-23(27)8-3-18-15-21(30-2)24-22(16-18)31-13-14-32-24/h3-8,15-17H,9-14H2,1-2H3,(H,25,27)/b8-3+. The van der Waals surface area contributed by atoms with Crippen LogP contribution < -0.4 is 19.5 Å². The summed E-state index contributed by atoms with van der Waals surface area (Å²) in [6, 6.07) is 9.79. The van der Waals surface area contributed by atoms with Crippen molar-refractivity contribution in [3.63, 3.8) is 0 Å². The SMILES string of the molecule is COc1cc(/C=C/C(=O)Nc2ccc(S(=O)(=O)N3CCC(C)CC3)cc2)cc2c1OCCO2. The maximum absolute atomic E-state index is 12.8. The maximum Gasteiger partial charge on any atom is 0.248 e. The molecule has 1 fully saturated rings. The number of ether oxygens (including phenoxy) is 3. The number of rotatable bonds is 6. The van der Waals surface area contributed by atoms with Crippen molar-refractivity contribution >= 4 is 27.7 Å². The second kappa shape index (κ2) is 9.84. The van der Waals surface area contributed by atoms with Gasteiger partial charge in [-0.05, 0) is 66.8 Å². The molecule has 0 aromatic heterocycles. The summed E-state index contributed by atoms with van der Waals surface area (Å²) in [5, 5.41) is 2.75. The van der Waals surface area contributed by atoms with E-state index in [9.17, 15) is 13.2 Å². The average Bonchev–Trinajstić information content (AvgIpc) is 2.83. The molecule has 2 aliphatic rings. The molecule has 0 radical (unpaired) electrons. The van der Waals surface area contributed by atoms with Crippen LogP contribution in [-0.2, 0) is 14.8 Å². The summed E-state index contributed by atoms with van der Waals surface area (Å²) in [7, 11) is -1.97. The zero-order valence-corrected chi connectivity index (χ0v) is 19.6. The second-order valence-corrected chi connectivity index (χ2v) is 10.1. The first-order valence-corrected chi connectivity index (χ1v) is 12.4. The molecule has 1 saturated heterocycles. The highest BCUT2D eigenvalue weighted by Gasteiger charge is 2.28. The minimum absolute atomic E-state index is 0.231. The number of hydrogen-bond donors (Lipinski definition) is 1. The van der Waals surface area contributed by atoms with E-state index in [1.807, 2.05) is 0 Å². The molecule has 0 atom stereocenters. The number of nitrogens with zero attached hydrogens (tertiary/aromatic N) is 1. The Morgan fingerprint density at radius 2 is 1.82 bits per heavy atom. The zero-order valence-electron chi connectivity index (χ0n) is 18.7. The van der Waals surface area contributed by atoms with Gasteiger partial charge in [0, 0.05) is 24.9 Å². The van der Waals surface area contributed by atoms with Gasteiger partial charge in [-0.15, -0.1) is 0 Å². The van der Waals surface area contributed by atoms with Gasteiger partial charge in [-0.3, -0.25) is 4.79 Å². The van der Waals surface area contributed by atoms with Crippen LogP contribution in [-0.4, -0.2) is 52.0 Å². The third-order valence-electron chi connectivity index (χ3n) is 5.78. The molecule has 1 amide bonds. The highest BCUT2D eigenvalue weighted by Crippen LogP contribution is 2.40. The van der Waals surface area contributed by atoms with Crippen molar-refractivity contribution in [3.05, 3.63) is 48.0 Å². The van der Waals surface area contributed by atoms with E-state index in [2.05, 4.69) is 12.2 Å². The molecule has 4 rings (SSSR count). The predicted octanol–water partition coefficient (Wildman–Crippen LogP) is 3.54. The quantitative estimate of drug-likeness (QED) is 0.647. The lowest BCUT2D eigenvalue weighted by Crippen LogP contribution is -2.37. The number of benzene rings is 2. The fourth-order valence-corrected chi connectivity index (χ4v) is 5.30. The van der Waals surface area contributed by atoms with Crippen LogP contribution in [0.25, 0.3) is 6.08 Å². The van der Waals surface area contributed by atoms with Crippen molar-refractivity contribution in [2.24, 2.45) is 5.92 Å². The molecule has 2 aliphatic heterocycles. The Hall–Kier alpha value is -3.04. The molecule has 0 aliphatic carbocycles. The maximum atomic E-state index is 12.8. The van der Waals surface area contributed by atoms with E-state index in [1.165, 1.54) is 22.5 Å². The van der Waals surface area contributed by atoms with E-state index in [0.29, 0.717) is 55.2 Å². The van der Waals surface area contributed by atoms with Crippen LogP contribution in [0.5, 0.6) is 17.2 Å². The molecule has 2 aromatic carbocycles. The minimum Gasteiger partial charge on any atom is -0.493 e. The van der Waals surface area contributed by atoms with Gasteiger partial charge in [-0.1, -0.05) is 6.92 Å². The smallest absolute Gasteiger partial charge is 0.248 e. The molecule has 0 saturated carbocycles. The van der Waals surface area contributed by atoms with Gasteiger partial charge >= 0.3 is 0 Å². The summed E-state index contributed by atoms with van der Waals surface area (Å²) < 4.78 is 43.7. The largest absolute Gasteiger partial charge is 0.493 e. The van der Waals surface area contributed by atoms with E-state index in [4.69, 9.17) is 14.2 Å². The van der Waals surface area contributed by atoms with Gasteiger partial charge in [0.25, 0.3) is 0 Å². The van der Waals surface area contributed by atoms with E-state index in [1.54, 1.807) is 37.5 Å². The minimum atomic E-state index is -3.52. The fraction of sp³-hybridized carbons (Fsp3) is 0.375. The van der Waals surface area contributed by atoms with Gasteiger partial charge in [-0.2, -0.15) is 4.31 Å². The topological polar surface area (TPSA) is 94.2 Å². The Morgan fingerprint density at radius 3 is 2.52 bits per heavy atom. The summed E-state index contributed by atoms with van der Waals surface area (Å²) >= 11 is 0. The van der Waals surface area contributed by atoms with Crippen molar-refractivity contribution in [3.8, 4) is 17.2 Å². The Balaban J connectivity index is 1.40. The number of sulfonamides is 1. The first-order valence-electron chi connectivity index (χ1n) is 10.9. The molecule has 176 valence electrons. The van der Waals surface area contributed by atoms with Crippen LogP contribution in [0.15, 0.2) is 47.4 Å². The first-order chi connectivity index (χ1) is 15.9. The molecule has 9 heteroatoms. The van der Waals surface area contributed by atoms with Crippen LogP contribution in [0.1, 0.15) is 25.3 Å². The van der Waals surface area contributed by atoms with Gasteiger partial charge in [0.1, 0.15) is 13.2 Å². The normalized spacial score (nSPS) is 17.2. The monoisotopic (exact) mass is 472 g/mol. The number of methoxy groups -OCH3 is 1. The molecule has 0 bridgehead atoms. The van der Waals surface area contributed by atoms with Crippen molar-refractivity contribution in [1.29, 1.82) is 0 Å². The fourth-order valence-electron chi connectivity index (χ4n) is 3.83. The van der Waals surface area contributed by atoms with Crippen LogP contribution >= 0.6 is 0 Å². The van der Waals surface area contributed by atoms with Crippen molar-refractivity contribution in [2.75, 3.05) is 38.7 Å². The molecule has 33 heavy (non-hydrogen) atoms. The van der Waals surface area contributed by atoms with Gasteiger partial charge < -0.3 is 19.5 Å². The average molecular weight is 473 g/mol. The summed E-state index contributed by atoms with van der Waals surface area (Å²) in [5.74, 6) is 1.86. The Bertz CT molecular complexity index is 1120. The first kappa shape index (κ1) is 23.1. The van der Waals surface area contributed by atoms with E-state index in [-0.39, 0.29) is 10.8 Å². The van der Waals surface area contributed by atoms with Gasteiger partial charge in [0.05, 0.1) is 12.0 Å². The van der Waals surface area contributed by atoms with Crippen LogP contribution in [0.4, 0.5) is 5.69 Å². The number of carbonyl (C=O) groups excluding carboxylic acids is 1. The number of hydrogen-bond acceptors (Lipinski definition) is 6. The summed E-state index contributed by atoms with van der Waals surface area (Å²) in [5.41, 5.74) is 1.24. The molecule has 2 aromatic rings. The third kappa shape index (κ3) is 5.31. The van der Waals surface area contributed by atoms with Crippen molar-refractivity contribution in [1.82, 2.24) is 4.31 Å². The summed E-state index contributed by atoms with van der Waals surface area (Å²) in [6.45, 7) is 4.12. The highest BCUT2D eigenvalue weighted by atomic mass is 32.2. The van der Waals surface area contributed by atoms with E-state index < -0.39 is 10.0 Å². The number of anilines is 1. The lowest BCUT2D eigenvalue weighted by Gasteiger charge is -2.29. The summed E-state index contributed by atoms with van der Waals surface area (Å²) in [4.78, 5) is 12.6. The Labute approximate surface area is 194 Å². The Kier molecular flexibility index (Phi) is 6.90. The van der Waals surface area contributed by atoms with Crippen LogP contribution in [0.2, 0.25) is 0 Å². The molecular weight excluding hydrogens is 444 g/mol. The number of carbonyl (C=O) groups is 1. The summed E-state index contributed by atoms with van der Waals surface area (Å²) in [6.07, 6.45) is 4.78. The second-order valence-electron chi connectivity index (χ2n) is 8.18. The Morgan fingerprint density at radius 1 is 1.12 bits per heavy atom. The highest BCUT2D eigenvalue weighted by molar-refractivity contribution is 7.89. The molecule has 0 unspecified atom stereocenters. The van der Waals surface area contributed by atoms with Crippen molar-refractivity contribution in [2.45, 2.75) is 24.7 Å². The molecule has 0 spiro atoms. The number of piperidine rings is 1. The predicted molar refractivity (Wildman–Crippen MR) is 125 cm³/mol. The van der Waals surface area contributed by atoms with Gasteiger partial charge in [0.2, 0.25) is 21.7 Å². The number of nitrogens with one attached hydrogen (secondary N) is 1. The zero-order chi connectivity index (χ0) is 23.4. The molecule has 1 N–H and O–H groups in total. The molecule has 8 nitrogen and oxygen atoms in total. The lowest BCUT2D eigenvalue weighted by molar-refractivity contribution is -0.111. The number of amides is 1. The lowest BCUT2D eigenvalue weighted by atomic mass is 10.0. The molecule has 2 heterocycles. The molecular formula is C24H28N2O6S. The van der Waals surface area contributed by atoms with Gasteiger partial charge in [-0.25, -0.2) is 8.42 Å². The van der Waals surface area contributed by atoms with Crippen LogP contribution in [0, 0.1) is 5.92 Å². The van der Waals surface area contributed by atoms with Crippen LogP contribution in [0.3, 0.4) is 0 Å². The number of fused-ring (bicyclic) bond motifs is 1. The third-order valence-corrected chi connectivity index (χ3v) is 7.69. The van der Waals surface area contributed by atoms with Gasteiger partial charge in [0.15, 0.2) is 11.5 Å². The van der Waals surface area contributed by atoms with E-state index >= 15 is 0 Å². The van der Waals surface area contributed by atoms with Crippen molar-refractivity contribution < 1.29 is 27.4 Å². The van der Waals surface area contributed by atoms with E-state index in [0.717, 1.165) is 18.4 Å².